The molecule has 0 aromatic heterocycles. The predicted octanol–water partition coefficient (Wildman–Crippen LogP) is 3.75. The smallest absolute Gasteiger partial charge is 0.309 e. The van der Waals surface area contributed by atoms with Crippen LogP contribution in [0, 0.1) is 11.8 Å². The lowest BCUT2D eigenvalue weighted by atomic mass is 9.94. The third kappa shape index (κ3) is 9.78. The molecule has 0 aliphatic carbocycles. The normalized spacial score (nSPS) is 21.1. The number of rotatable bonds is 8. The number of nitrogens with one attached hydrogen (secondary N) is 2. The van der Waals surface area contributed by atoms with Gasteiger partial charge in [0, 0.05) is 6.42 Å². The second-order valence-corrected chi connectivity index (χ2v) is 10.7. The number of esters is 1. The molecule has 3 rings (SSSR count). The summed E-state index contributed by atoms with van der Waals surface area (Å²) in [5.41, 5.74) is 1.29. The zero-order valence-electron chi connectivity index (χ0n) is 22.4. The van der Waals surface area contributed by atoms with Crippen LogP contribution in [-0.2, 0) is 32.0 Å². The lowest BCUT2D eigenvalue weighted by Crippen LogP contribution is -2.50. The Kier molecular flexibility index (Phi) is 11.1. The van der Waals surface area contributed by atoms with Gasteiger partial charge in [-0.2, -0.15) is 0 Å². The van der Waals surface area contributed by atoms with Gasteiger partial charge >= 0.3 is 5.97 Å². The first-order valence-electron chi connectivity index (χ1n) is 13.4. The number of ether oxygens (including phenoxy) is 1. The summed E-state index contributed by atoms with van der Waals surface area (Å²) in [4.78, 5) is 39.0. The molecule has 204 valence electrons. The first-order chi connectivity index (χ1) is 18.3. The number of hydrogen-bond acceptors (Lipinski definition) is 5. The average molecular weight is 521 g/mol. The van der Waals surface area contributed by atoms with E-state index >= 15 is 0 Å². The largest absolute Gasteiger partial charge is 0.463 e. The standard InChI is InChI=1S/C31H40N2O5/c1-31(2)22-38-30(37)26(18-23-12-6-3-7-13-23)17-11-5-10-16-25(29(36)33-31)20-28(35)32-27(21-34)19-24-14-8-4-9-15-24/h3-10,12-15,25-27,34H,11,16-22H2,1-2H3,(H,32,35)(H,33,36)/t25-,26-,27-/m1/s1. The van der Waals surface area contributed by atoms with Crippen molar-refractivity contribution in [1.29, 1.82) is 0 Å². The Labute approximate surface area is 225 Å². The summed E-state index contributed by atoms with van der Waals surface area (Å²) in [5, 5.41) is 15.6. The van der Waals surface area contributed by atoms with Crippen LogP contribution in [0.4, 0.5) is 0 Å². The van der Waals surface area contributed by atoms with E-state index in [0.717, 1.165) is 11.1 Å². The molecular weight excluding hydrogens is 480 g/mol. The van der Waals surface area contributed by atoms with Crippen LogP contribution in [0.5, 0.6) is 0 Å². The molecule has 0 fully saturated rings. The highest BCUT2D eigenvalue weighted by Crippen LogP contribution is 2.20. The van der Waals surface area contributed by atoms with Gasteiger partial charge in [0.15, 0.2) is 0 Å². The van der Waals surface area contributed by atoms with Crippen LogP contribution in [0.25, 0.3) is 0 Å². The topological polar surface area (TPSA) is 105 Å². The first kappa shape index (κ1) is 29.1. The van der Waals surface area contributed by atoms with E-state index < -0.39 is 17.5 Å². The molecule has 0 saturated carbocycles. The second-order valence-electron chi connectivity index (χ2n) is 10.7. The number of amides is 2. The maximum absolute atomic E-state index is 13.2. The van der Waals surface area contributed by atoms with Crippen molar-refractivity contribution < 1.29 is 24.2 Å². The summed E-state index contributed by atoms with van der Waals surface area (Å²) in [6, 6.07) is 19.1. The minimum absolute atomic E-state index is 0.00599. The third-order valence-corrected chi connectivity index (χ3v) is 6.68. The van der Waals surface area contributed by atoms with Gasteiger partial charge < -0.3 is 20.5 Å². The predicted molar refractivity (Wildman–Crippen MR) is 147 cm³/mol. The molecular formula is C31H40N2O5. The number of aliphatic hydroxyl groups is 1. The number of allylic oxidation sites excluding steroid dienone is 2. The minimum Gasteiger partial charge on any atom is -0.463 e. The van der Waals surface area contributed by atoms with Crippen molar-refractivity contribution in [2.75, 3.05) is 13.2 Å². The number of cyclic esters (lactones) is 1. The van der Waals surface area contributed by atoms with Gasteiger partial charge in [0.25, 0.3) is 0 Å². The molecule has 1 heterocycles. The molecule has 0 saturated heterocycles. The molecule has 2 aromatic carbocycles. The fraction of sp³-hybridized carbons (Fsp3) is 0.452. The van der Waals surface area contributed by atoms with E-state index in [0.29, 0.717) is 32.1 Å². The van der Waals surface area contributed by atoms with Crippen molar-refractivity contribution in [3.63, 3.8) is 0 Å². The van der Waals surface area contributed by atoms with Crippen molar-refractivity contribution in [3.8, 4) is 0 Å². The summed E-state index contributed by atoms with van der Waals surface area (Å²) in [5.74, 6) is -1.69. The van der Waals surface area contributed by atoms with E-state index in [2.05, 4.69) is 10.6 Å². The highest BCUT2D eigenvalue weighted by molar-refractivity contribution is 5.86. The number of hydrogen-bond donors (Lipinski definition) is 3. The van der Waals surface area contributed by atoms with Crippen LogP contribution in [-0.4, -0.2) is 47.7 Å². The number of benzene rings is 2. The molecule has 1 aliphatic heterocycles. The zero-order chi connectivity index (χ0) is 27.4. The van der Waals surface area contributed by atoms with Crippen LogP contribution < -0.4 is 10.6 Å². The molecule has 3 atom stereocenters. The van der Waals surface area contributed by atoms with Crippen molar-refractivity contribution >= 4 is 17.8 Å². The van der Waals surface area contributed by atoms with Crippen molar-refractivity contribution in [2.45, 2.75) is 64.0 Å². The van der Waals surface area contributed by atoms with E-state index in [4.69, 9.17) is 4.74 Å². The lowest BCUT2D eigenvalue weighted by molar-refractivity contribution is -0.151. The second kappa shape index (κ2) is 14.5. The Hall–Kier alpha value is -3.45. The van der Waals surface area contributed by atoms with E-state index in [-0.39, 0.29) is 43.3 Å². The van der Waals surface area contributed by atoms with Crippen LogP contribution in [0.15, 0.2) is 72.8 Å². The fourth-order valence-corrected chi connectivity index (χ4v) is 4.57. The number of aliphatic hydroxyl groups excluding tert-OH is 1. The molecule has 7 heteroatoms. The van der Waals surface area contributed by atoms with Gasteiger partial charge in [0.2, 0.25) is 11.8 Å². The van der Waals surface area contributed by atoms with Gasteiger partial charge in [-0.25, -0.2) is 0 Å². The van der Waals surface area contributed by atoms with E-state index in [1.165, 1.54) is 0 Å². The maximum Gasteiger partial charge on any atom is 0.309 e. The van der Waals surface area contributed by atoms with Gasteiger partial charge in [-0.15, -0.1) is 0 Å². The summed E-state index contributed by atoms with van der Waals surface area (Å²) in [7, 11) is 0. The minimum atomic E-state index is -0.794. The van der Waals surface area contributed by atoms with E-state index in [1.807, 2.05) is 72.8 Å². The van der Waals surface area contributed by atoms with Crippen molar-refractivity contribution in [3.05, 3.63) is 83.9 Å². The average Bonchev–Trinajstić information content (AvgIpc) is 2.91. The zero-order valence-corrected chi connectivity index (χ0v) is 22.4. The fourth-order valence-electron chi connectivity index (χ4n) is 4.57. The van der Waals surface area contributed by atoms with Gasteiger partial charge in [0.05, 0.1) is 30.0 Å². The Morgan fingerprint density at radius 3 is 2.34 bits per heavy atom. The Morgan fingerprint density at radius 2 is 1.68 bits per heavy atom. The molecule has 3 N–H and O–H groups in total. The quantitative estimate of drug-likeness (QED) is 0.363. The van der Waals surface area contributed by atoms with Crippen LogP contribution in [0.2, 0.25) is 0 Å². The molecule has 1 aliphatic rings. The summed E-state index contributed by atoms with van der Waals surface area (Å²) in [6.45, 7) is 3.45. The SMILES string of the molecule is CC1(C)COC(=O)[C@@H](Cc2ccccc2)CCC=CC[C@H](CC(=O)N[C@@H](CO)Cc2ccccc2)C(=O)N1. The lowest BCUT2D eigenvalue weighted by Gasteiger charge is -2.29. The van der Waals surface area contributed by atoms with Crippen LogP contribution in [0.3, 0.4) is 0 Å². The van der Waals surface area contributed by atoms with Crippen LogP contribution in [0.1, 0.15) is 50.7 Å². The first-order valence-corrected chi connectivity index (χ1v) is 13.4. The van der Waals surface area contributed by atoms with Gasteiger partial charge in [-0.05, 0) is 57.1 Å². The summed E-state index contributed by atoms with van der Waals surface area (Å²) < 4.78 is 5.66. The number of carbonyl (C=O) groups excluding carboxylic acids is 3. The van der Waals surface area contributed by atoms with Crippen molar-refractivity contribution in [1.82, 2.24) is 10.6 Å². The van der Waals surface area contributed by atoms with Crippen molar-refractivity contribution in [2.24, 2.45) is 11.8 Å². The molecule has 0 spiro atoms. The molecule has 2 amide bonds. The third-order valence-electron chi connectivity index (χ3n) is 6.68. The van der Waals surface area contributed by atoms with E-state index in [9.17, 15) is 19.5 Å². The van der Waals surface area contributed by atoms with E-state index in [1.54, 1.807) is 13.8 Å². The van der Waals surface area contributed by atoms with Crippen LogP contribution >= 0.6 is 0 Å². The molecule has 0 unspecified atom stereocenters. The molecule has 0 bridgehead atoms. The summed E-state index contributed by atoms with van der Waals surface area (Å²) >= 11 is 0. The highest BCUT2D eigenvalue weighted by atomic mass is 16.5. The van der Waals surface area contributed by atoms with Gasteiger partial charge in [0.1, 0.15) is 6.61 Å². The molecule has 2 aromatic rings. The maximum atomic E-state index is 13.2. The summed E-state index contributed by atoms with van der Waals surface area (Å²) in [6.07, 6.45) is 6.68. The number of carbonyl (C=O) groups is 3. The molecule has 38 heavy (non-hydrogen) atoms. The Bertz CT molecular complexity index is 1070. The molecule has 7 nitrogen and oxygen atoms in total. The highest BCUT2D eigenvalue weighted by Gasteiger charge is 2.30. The Morgan fingerprint density at radius 1 is 1.03 bits per heavy atom. The van der Waals surface area contributed by atoms with Gasteiger partial charge in [-0.1, -0.05) is 72.8 Å². The monoisotopic (exact) mass is 520 g/mol. The Balaban J connectivity index is 1.65. The molecule has 0 radical (unpaired) electrons. The van der Waals surface area contributed by atoms with Gasteiger partial charge in [-0.3, -0.25) is 14.4 Å².